The number of piperazine rings is 1. The minimum Gasteiger partial charge on any atom is -0.392 e. The van der Waals surface area contributed by atoms with Crippen molar-refractivity contribution >= 4 is 16.9 Å². The molecule has 0 amide bonds. The zero-order chi connectivity index (χ0) is 17.9. The molecule has 26 heavy (non-hydrogen) atoms. The number of hydrogen-bond donors (Lipinski definition) is 2. The van der Waals surface area contributed by atoms with Crippen molar-refractivity contribution < 1.29 is 5.11 Å². The van der Waals surface area contributed by atoms with E-state index >= 15 is 0 Å². The minimum atomic E-state index is 0.0644. The molecule has 1 aliphatic heterocycles. The van der Waals surface area contributed by atoms with Crippen molar-refractivity contribution in [3.05, 3.63) is 54.2 Å². The molecule has 1 fully saturated rings. The number of rotatable bonds is 4. The standard InChI is InChI=1S/C20H23N5O/c1-24-8-10-25(11-9-24)23-20-21-13-18-12-17(6-7-19(18)22-20)16-4-2-15(14-26)3-5-16/h2-7,12-13,26H,8-11,14H2,1H3,(H,21,22,23). The maximum Gasteiger partial charge on any atom is 0.238 e. The molecule has 1 aromatic heterocycles. The van der Waals surface area contributed by atoms with Crippen LogP contribution in [0.15, 0.2) is 48.7 Å². The number of aromatic nitrogens is 2. The highest BCUT2D eigenvalue weighted by atomic mass is 16.3. The summed E-state index contributed by atoms with van der Waals surface area (Å²) in [7, 11) is 2.14. The van der Waals surface area contributed by atoms with E-state index in [4.69, 9.17) is 5.11 Å². The second kappa shape index (κ2) is 7.37. The number of fused-ring (bicyclic) bond motifs is 1. The number of hydrazine groups is 1. The van der Waals surface area contributed by atoms with Gasteiger partial charge >= 0.3 is 0 Å². The number of nitrogens with one attached hydrogen (secondary N) is 1. The predicted octanol–water partition coefficient (Wildman–Crippen LogP) is 2.36. The summed E-state index contributed by atoms with van der Waals surface area (Å²) in [4.78, 5) is 11.4. The average molecular weight is 349 g/mol. The zero-order valence-corrected chi connectivity index (χ0v) is 14.9. The van der Waals surface area contributed by atoms with Gasteiger partial charge in [-0.15, -0.1) is 0 Å². The predicted molar refractivity (Wildman–Crippen MR) is 104 cm³/mol. The molecule has 0 bridgehead atoms. The van der Waals surface area contributed by atoms with Crippen molar-refractivity contribution in [3.8, 4) is 11.1 Å². The topological polar surface area (TPSA) is 64.5 Å². The number of likely N-dealkylation sites (N-methyl/N-ethyl adjacent to an activating group) is 1. The first-order valence-electron chi connectivity index (χ1n) is 8.88. The summed E-state index contributed by atoms with van der Waals surface area (Å²) in [5.41, 5.74) is 7.38. The minimum absolute atomic E-state index is 0.0644. The summed E-state index contributed by atoms with van der Waals surface area (Å²) in [6.45, 7) is 4.06. The first kappa shape index (κ1) is 16.9. The normalized spacial score (nSPS) is 16.1. The van der Waals surface area contributed by atoms with Crippen LogP contribution in [0.25, 0.3) is 22.0 Å². The van der Waals surface area contributed by atoms with Gasteiger partial charge < -0.3 is 10.0 Å². The van der Waals surface area contributed by atoms with E-state index in [1.54, 1.807) is 0 Å². The van der Waals surface area contributed by atoms with Crippen molar-refractivity contribution in [1.29, 1.82) is 0 Å². The van der Waals surface area contributed by atoms with Crippen LogP contribution >= 0.6 is 0 Å². The summed E-state index contributed by atoms with van der Waals surface area (Å²) < 4.78 is 0. The summed E-state index contributed by atoms with van der Waals surface area (Å²) in [6, 6.07) is 14.1. The molecule has 4 rings (SSSR count). The SMILES string of the molecule is CN1CCN(Nc2ncc3cc(-c4ccc(CO)cc4)ccc3n2)CC1. The van der Waals surface area contributed by atoms with Gasteiger partial charge in [-0.3, -0.25) is 5.43 Å². The van der Waals surface area contributed by atoms with Crippen molar-refractivity contribution in [2.45, 2.75) is 6.61 Å². The molecule has 1 aliphatic rings. The summed E-state index contributed by atoms with van der Waals surface area (Å²) in [5, 5.41) is 12.3. The van der Waals surface area contributed by atoms with Gasteiger partial charge in [-0.25, -0.2) is 15.0 Å². The second-order valence-electron chi connectivity index (χ2n) is 6.72. The largest absolute Gasteiger partial charge is 0.392 e. The number of benzene rings is 2. The summed E-state index contributed by atoms with van der Waals surface area (Å²) in [6.07, 6.45) is 1.87. The van der Waals surface area contributed by atoms with Gasteiger partial charge in [0.25, 0.3) is 0 Å². The fourth-order valence-corrected chi connectivity index (χ4v) is 3.13. The maximum absolute atomic E-state index is 9.17. The van der Waals surface area contributed by atoms with E-state index in [0.717, 1.165) is 53.8 Å². The lowest BCUT2D eigenvalue weighted by Crippen LogP contribution is -2.47. The second-order valence-corrected chi connectivity index (χ2v) is 6.72. The smallest absolute Gasteiger partial charge is 0.238 e. The van der Waals surface area contributed by atoms with E-state index in [9.17, 15) is 0 Å². The van der Waals surface area contributed by atoms with Gasteiger partial charge in [0.1, 0.15) is 0 Å². The number of hydrogen-bond acceptors (Lipinski definition) is 6. The van der Waals surface area contributed by atoms with Crippen molar-refractivity contribution in [1.82, 2.24) is 19.9 Å². The summed E-state index contributed by atoms with van der Waals surface area (Å²) in [5.74, 6) is 0.641. The average Bonchev–Trinajstić information content (AvgIpc) is 2.69. The van der Waals surface area contributed by atoms with Gasteiger partial charge in [0.2, 0.25) is 5.95 Å². The molecule has 6 heteroatoms. The van der Waals surface area contributed by atoms with Crippen molar-refractivity contribution in [2.75, 3.05) is 38.7 Å². The Hall–Kier alpha value is -2.54. The molecule has 0 radical (unpaired) electrons. The lowest BCUT2D eigenvalue weighted by Gasteiger charge is -2.32. The fourth-order valence-electron chi connectivity index (χ4n) is 3.13. The van der Waals surface area contributed by atoms with Crippen LogP contribution in [-0.2, 0) is 6.61 Å². The molecule has 0 spiro atoms. The van der Waals surface area contributed by atoms with Gasteiger partial charge in [0.15, 0.2) is 0 Å². The van der Waals surface area contributed by atoms with Gasteiger partial charge in [-0.2, -0.15) is 0 Å². The van der Waals surface area contributed by atoms with Crippen LogP contribution in [-0.4, -0.2) is 58.2 Å². The monoisotopic (exact) mass is 349 g/mol. The molecular weight excluding hydrogens is 326 g/mol. The molecule has 2 heterocycles. The van der Waals surface area contributed by atoms with Crippen LogP contribution in [0, 0.1) is 0 Å². The lowest BCUT2D eigenvalue weighted by atomic mass is 10.0. The van der Waals surface area contributed by atoms with E-state index in [2.05, 4.69) is 44.5 Å². The Bertz CT molecular complexity index is 888. The third kappa shape index (κ3) is 3.67. The van der Waals surface area contributed by atoms with Crippen LogP contribution in [0.1, 0.15) is 5.56 Å². The number of anilines is 1. The molecule has 2 N–H and O–H groups in total. The highest BCUT2D eigenvalue weighted by Gasteiger charge is 2.14. The Balaban J connectivity index is 1.54. The van der Waals surface area contributed by atoms with E-state index < -0.39 is 0 Å². The third-order valence-corrected chi connectivity index (χ3v) is 4.81. The quantitative estimate of drug-likeness (QED) is 0.754. The van der Waals surface area contributed by atoms with Gasteiger partial charge in [-0.1, -0.05) is 30.3 Å². The number of aliphatic hydroxyl groups is 1. The highest BCUT2D eigenvalue weighted by Crippen LogP contribution is 2.24. The van der Waals surface area contributed by atoms with Gasteiger partial charge in [0.05, 0.1) is 12.1 Å². The molecular formula is C20H23N5O. The molecule has 2 aromatic carbocycles. The Labute approximate surface area is 153 Å². The van der Waals surface area contributed by atoms with Crippen LogP contribution in [0.2, 0.25) is 0 Å². The molecule has 1 saturated heterocycles. The van der Waals surface area contributed by atoms with Crippen molar-refractivity contribution in [2.24, 2.45) is 0 Å². The molecule has 0 atom stereocenters. The highest BCUT2D eigenvalue weighted by molar-refractivity contribution is 5.84. The van der Waals surface area contributed by atoms with Crippen LogP contribution in [0.3, 0.4) is 0 Å². The Kier molecular flexibility index (Phi) is 4.79. The molecule has 0 unspecified atom stereocenters. The van der Waals surface area contributed by atoms with Gasteiger partial charge in [-0.05, 0) is 35.9 Å². The molecule has 0 saturated carbocycles. The fraction of sp³-hybridized carbons (Fsp3) is 0.300. The number of aliphatic hydroxyl groups excluding tert-OH is 1. The molecule has 134 valence electrons. The van der Waals surface area contributed by atoms with E-state index in [-0.39, 0.29) is 6.61 Å². The first-order chi connectivity index (χ1) is 12.7. The van der Waals surface area contributed by atoms with Gasteiger partial charge in [0, 0.05) is 37.8 Å². The molecule has 6 nitrogen and oxygen atoms in total. The zero-order valence-electron chi connectivity index (χ0n) is 14.9. The van der Waals surface area contributed by atoms with Crippen LogP contribution in [0.5, 0.6) is 0 Å². The Morgan fingerprint density at radius 3 is 2.46 bits per heavy atom. The van der Waals surface area contributed by atoms with Crippen LogP contribution in [0.4, 0.5) is 5.95 Å². The van der Waals surface area contributed by atoms with E-state index in [0.29, 0.717) is 5.95 Å². The third-order valence-electron chi connectivity index (χ3n) is 4.81. The van der Waals surface area contributed by atoms with Crippen molar-refractivity contribution in [3.63, 3.8) is 0 Å². The van der Waals surface area contributed by atoms with Crippen LogP contribution < -0.4 is 5.43 Å². The van der Waals surface area contributed by atoms with E-state index in [1.807, 2.05) is 36.5 Å². The Morgan fingerprint density at radius 1 is 1.00 bits per heavy atom. The maximum atomic E-state index is 9.17. The lowest BCUT2D eigenvalue weighted by molar-refractivity contribution is 0.178. The molecule has 3 aromatic rings. The number of nitrogens with zero attached hydrogens (tertiary/aromatic N) is 4. The summed E-state index contributed by atoms with van der Waals surface area (Å²) >= 11 is 0. The Morgan fingerprint density at radius 2 is 1.73 bits per heavy atom. The van der Waals surface area contributed by atoms with E-state index in [1.165, 1.54) is 0 Å². The first-order valence-corrected chi connectivity index (χ1v) is 8.88. The molecule has 0 aliphatic carbocycles.